The van der Waals surface area contributed by atoms with Crippen LogP contribution in [0.5, 0.6) is 5.75 Å². The van der Waals surface area contributed by atoms with Gasteiger partial charge in [0.05, 0.1) is 18.4 Å². The number of para-hydroxylation sites is 2. The zero-order chi connectivity index (χ0) is 17.1. The van der Waals surface area contributed by atoms with E-state index in [2.05, 4.69) is 15.2 Å². The zero-order valence-corrected chi connectivity index (χ0v) is 13.4. The summed E-state index contributed by atoms with van der Waals surface area (Å²) in [6.07, 6.45) is 2.28. The van der Waals surface area contributed by atoms with Crippen LogP contribution in [-0.4, -0.2) is 43.0 Å². The lowest BCUT2D eigenvalue weighted by molar-refractivity contribution is 0.0935. The van der Waals surface area contributed by atoms with Crippen molar-refractivity contribution in [2.24, 2.45) is 5.73 Å². The van der Waals surface area contributed by atoms with E-state index in [0.717, 1.165) is 24.4 Å². The number of ether oxygens (including phenoxy) is 1. The van der Waals surface area contributed by atoms with E-state index in [9.17, 15) is 9.59 Å². The Morgan fingerprint density at radius 3 is 2.88 bits per heavy atom. The molecule has 0 bridgehead atoms. The number of carbonyl (C=O) groups is 2. The summed E-state index contributed by atoms with van der Waals surface area (Å²) in [5, 5.41) is 2.98. The van der Waals surface area contributed by atoms with Gasteiger partial charge in [0.15, 0.2) is 0 Å². The largest absolute Gasteiger partial charge is 0.495 e. The van der Waals surface area contributed by atoms with E-state index in [0.29, 0.717) is 17.8 Å². The van der Waals surface area contributed by atoms with E-state index in [1.165, 1.54) is 12.3 Å². The highest BCUT2D eigenvalue weighted by Crippen LogP contribution is 2.30. The number of benzene rings is 1. The fourth-order valence-corrected chi connectivity index (χ4v) is 2.92. The predicted molar refractivity (Wildman–Crippen MR) is 90.4 cm³/mol. The van der Waals surface area contributed by atoms with Crippen molar-refractivity contribution in [2.75, 3.05) is 25.1 Å². The highest BCUT2D eigenvalue weighted by atomic mass is 16.5. The van der Waals surface area contributed by atoms with Crippen molar-refractivity contribution >= 4 is 17.5 Å². The number of hydrogen-bond acceptors (Lipinski definition) is 4. The van der Waals surface area contributed by atoms with E-state index in [4.69, 9.17) is 10.5 Å². The molecule has 1 saturated heterocycles. The number of amides is 2. The molecule has 2 aromatic rings. The van der Waals surface area contributed by atoms with Crippen molar-refractivity contribution in [2.45, 2.75) is 12.5 Å². The molecule has 1 aliphatic heterocycles. The summed E-state index contributed by atoms with van der Waals surface area (Å²) in [6.45, 7) is 1.54. The van der Waals surface area contributed by atoms with Gasteiger partial charge >= 0.3 is 0 Å². The Kier molecular flexibility index (Phi) is 4.41. The van der Waals surface area contributed by atoms with Crippen LogP contribution in [0.15, 0.2) is 36.5 Å². The monoisotopic (exact) mass is 328 g/mol. The first-order valence-electron chi connectivity index (χ1n) is 7.75. The van der Waals surface area contributed by atoms with Gasteiger partial charge < -0.3 is 25.7 Å². The number of carbonyl (C=O) groups excluding carboxylic acids is 2. The van der Waals surface area contributed by atoms with Crippen LogP contribution in [0.2, 0.25) is 0 Å². The number of primary amides is 1. The summed E-state index contributed by atoms with van der Waals surface area (Å²) >= 11 is 0. The summed E-state index contributed by atoms with van der Waals surface area (Å²) in [4.78, 5) is 28.3. The molecule has 2 amide bonds. The lowest BCUT2D eigenvalue weighted by atomic mass is 10.2. The zero-order valence-electron chi connectivity index (χ0n) is 13.4. The summed E-state index contributed by atoms with van der Waals surface area (Å²) in [6, 6.07) is 9.32. The van der Waals surface area contributed by atoms with Crippen LogP contribution in [-0.2, 0) is 0 Å². The van der Waals surface area contributed by atoms with Crippen molar-refractivity contribution in [1.29, 1.82) is 0 Å². The minimum atomic E-state index is -0.562. The van der Waals surface area contributed by atoms with Crippen molar-refractivity contribution < 1.29 is 14.3 Å². The van der Waals surface area contributed by atoms with Crippen LogP contribution in [0.4, 0.5) is 5.69 Å². The molecule has 2 heterocycles. The second-order valence-corrected chi connectivity index (χ2v) is 5.74. The molecule has 1 atom stereocenters. The van der Waals surface area contributed by atoms with Crippen molar-refractivity contribution in [1.82, 2.24) is 10.3 Å². The fourth-order valence-electron chi connectivity index (χ4n) is 2.92. The normalized spacial score (nSPS) is 16.9. The van der Waals surface area contributed by atoms with Gasteiger partial charge in [0, 0.05) is 25.3 Å². The Hall–Kier alpha value is -2.96. The molecule has 0 spiro atoms. The van der Waals surface area contributed by atoms with E-state index in [-0.39, 0.29) is 11.9 Å². The molecule has 1 fully saturated rings. The number of aromatic nitrogens is 1. The molecule has 0 aliphatic carbocycles. The number of nitrogens with zero attached hydrogens (tertiary/aromatic N) is 1. The summed E-state index contributed by atoms with van der Waals surface area (Å²) in [7, 11) is 1.65. The van der Waals surface area contributed by atoms with Crippen LogP contribution in [0.25, 0.3) is 0 Å². The Morgan fingerprint density at radius 1 is 1.38 bits per heavy atom. The molecule has 1 aliphatic rings. The van der Waals surface area contributed by atoms with Crippen LogP contribution in [0.3, 0.4) is 0 Å². The first-order valence-corrected chi connectivity index (χ1v) is 7.75. The summed E-state index contributed by atoms with van der Waals surface area (Å²) < 4.78 is 5.39. The Morgan fingerprint density at radius 2 is 2.17 bits per heavy atom. The minimum absolute atomic E-state index is 0.0303. The molecule has 1 aromatic carbocycles. The standard InChI is InChI=1S/C17H20N4O3/c1-24-15-5-3-2-4-14(15)21-7-6-12(10-21)20-17(23)13-8-11(9-19-13)16(18)22/h2-5,8-9,12,19H,6-7,10H2,1H3,(H2,18,22)(H,20,23). The van der Waals surface area contributed by atoms with Gasteiger partial charge in [0.2, 0.25) is 5.91 Å². The van der Waals surface area contributed by atoms with Gasteiger partial charge in [-0.15, -0.1) is 0 Å². The van der Waals surface area contributed by atoms with E-state index < -0.39 is 5.91 Å². The quantitative estimate of drug-likeness (QED) is 0.766. The number of nitrogens with two attached hydrogens (primary N) is 1. The maximum atomic E-state index is 12.3. The minimum Gasteiger partial charge on any atom is -0.495 e. The van der Waals surface area contributed by atoms with Crippen LogP contribution in [0.1, 0.15) is 27.3 Å². The van der Waals surface area contributed by atoms with Crippen molar-refractivity contribution in [3.63, 3.8) is 0 Å². The number of anilines is 1. The van der Waals surface area contributed by atoms with Crippen LogP contribution < -0.4 is 20.7 Å². The van der Waals surface area contributed by atoms with Gasteiger partial charge in [-0.1, -0.05) is 12.1 Å². The smallest absolute Gasteiger partial charge is 0.267 e. The average molecular weight is 328 g/mol. The number of methoxy groups -OCH3 is 1. The Balaban J connectivity index is 1.63. The van der Waals surface area contributed by atoms with E-state index in [1.54, 1.807) is 7.11 Å². The second-order valence-electron chi connectivity index (χ2n) is 5.74. The maximum absolute atomic E-state index is 12.3. The van der Waals surface area contributed by atoms with Crippen LogP contribution >= 0.6 is 0 Å². The molecule has 4 N–H and O–H groups in total. The maximum Gasteiger partial charge on any atom is 0.267 e. The molecule has 7 nitrogen and oxygen atoms in total. The van der Waals surface area contributed by atoms with Gasteiger partial charge in [-0.3, -0.25) is 9.59 Å². The lowest BCUT2D eigenvalue weighted by Gasteiger charge is -2.21. The van der Waals surface area contributed by atoms with Gasteiger partial charge in [-0.2, -0.15) is 0 Å². The highest BCUT2D eigenvalue weighted by molar-refractivity contribution is 5.98. The number of H-pyrrole nitrogens is 1. The SMILES string of the molecule is COc1ccccc1N1CCC(NC(=O)c2cc(C(N)=O)c[nH]2)C1. The van der Waals surface area contributed by atoms with Crippen molar-refractivity contribution in [3.05, 3.63) is 47.8 Å². The highest BCUT2D eigenvalue weighted by Gasteiger charge is 2.26. The Bertz CT molecular complexity index is 756. The predicted octanol–water partition coefficient (Wildman–Crippen LogP) is 1.13. The molecule has 126 valence electrons. The first-order chi connectivity index (χ1) is 11.6. The van der Waals surface area contributed by atoms with Gasteiger partial charge in [0.25, 0.3) is 5.91 Å². The topological polar surface area (TPSA) is 100 Å². The Labute approximate surface area is 139 Å². The molecule has 0 radical (unpaired) electrons. The van der Waals surface area contributed by atoms with Crippen LogP contribution in [0, 0.1) is 0 Å². The number of rotatable bonds is 5. The molecule has 1 unspecified atom stereocenters. The molecule has 1 aromatic heterocycles. The third-order valence-corrected chi connectivity index (χ3v) is 4.16. The van der Waals surface area contributed by atoms with E-state index >= 15 is 0 Å². The third kappa shape index (κ3) is 3.19. The molecule has 3 rings (SSSR count). The summed E-state index contributed by atoms with van der Waals surface area (Å²) in [5.74, 6) is 0.0165. The van der Waals surface area contributed by atoms with Gasteiger partial charge in [-0.25, -0.2) is 0 Å². The lowest BCUT2D eigenvalue weighted by Crippen LogP contribution is -2.37. The second kappa shape index (κ2) is 6.66. The third-order valence-electron chi connectivity index (χ3n) is 4.16. The molecule has 0 saturated carbocycles. The number of aromatic amines is 1. The van der Waals surface area contributed by atoms with E-state index in [1.807, 2.05) is 24.3 Å². The molecule has 7 heteroatoms. The number of nitrogens with one attached hydrogen (secondary N) is 2. The fraction of sp³-hybridized carbons (Fsp3) is 0.294. The van der Waals surface area contributed by atoms with Gasteiger partial charge in [0.1, 0.15) is 11.4 Å². The summed E-state index contributed by atoms with van der Waals surface area (Å²) in [5.41, 5.74) is 6.84. The number of hydrogen-bond donors (Lipinski definition) is 3. The first kappa shape index (κ1) is 15.9. The molecule has 24 heavy (non-hydrogen) atoms. The van der Waals surface area contributed by atoms with Gasteiger partial charge in [-0.05, 0) is 24.6 Å². The molecular weight excluding hydrogens is 308 g/mol. The average Bonchev–Trinajstić information content (AvgIpc) is 3.24. The van der Waals surface area contributed by atoms with Crippen molar-refractivity contribution in [3.8, 4) is 5.75 Å². The molecular formula is C17H20N4O3.